The zero-order valence-corrected chi connectivity index (χ0v) is 15.8. The standard InChI is InChI=1S/C23H23NO4/c1-26-19-11-9-18(10-12-19)23(25)24-13-14-27-20(15-24)16-28-22-8-4-6-17-5-2-3-7-21(17)22/h2-12,20H,13-16H2,1H3/t20-/m0/s1. The van der Waals surface area contributed by atoms with E-state index in [1.807, 2.05) is 35.2 Å². The number of hydrogen-bond donors (Lipinski definition) is 0. The van der Waals surface area contributed by atoms with Crippen molar-refractivity contribution < 1.29 is 19.0 Å². The van der Waals surface area contributed by atoms with Crippen LogP contribution in [0.1, 0.15) is 10.4 Å². The van der Waals surface area contributed by atoms with Crippen LogP contribution in [0.4, 0.5) is 0 Å². The monoisotopic (exact) mass is 377 g/mol. The molecule has 5 heteroatoms. The number of amides is 1. The van der Waals surface area contributed by atoms with E-state index in [0.29, 0.717) is 31.9 Å². The van der Waals surface area contributed by atoms with Gasteiger partial charge in [-0.15, -0.1) is 0 Å². The summed E-state index contributed by atoms with van der Waals surface area (Å²) >= 11 is 0. The maximum atomic E-state index is 12.8. The minimum atomic E-state index is -0.157. The van der Waals surface area contributed by atoms with Crippen molar-refractivity contribution in [3.63, 3.8) is 0 Å². The number of ether oxygens (including phenoxy) is 3. The van der Waals surface area contributed by atoms with Gasteiger partial charge in [-0.25, -0.2) is 0 Å². The molecule has 0 aliphatic carbocycles. The topological polar surface area (TPSA) is 48.0 Å². The number of hydrogen-bond acceptors (Lipinski definition) is 4. The second-order valence-corrected chi connectivity index (χ2v) is 6.76. The average Bonchev–Trinajstić information content (AvgIpc) is 2.77. The van der Waals surface area contributed by atoms with Gasteiger partial charge in [-0.05, 0) is 35.7 Å². The van der Waals surface area contributed by atoms with Crippen LogP contribution in [0.15, 0.2) is 66.7 Å². The maximum absolute atomic E-state index is 12.8. The van der Waals surface area contributed by atoms with Gasteiger partial charge < -0.3 is 19.1 Å². The van der Waals surface area contributed by atoms with Gasteiger partial charge in [0.05, 0.1) is 20.3 Å². The molecule has 0 bridgehead atoms. The molecule has 0 aromatic heterocycles. The van der Waals surface area contributed by atoms with Crippen molar-refractivity contribution in [1.29, 1.82) is 0 Å². The zero-order chi connectivity index (χ0) is 19.3. The van der Waals surface area contributed by atoms with Crippen molar-refractivity contribution >= 4 is 16.7 Å². The Kier molecular flexibility index (Phi) is 5.44. The third-order valence-electron chi connectivity index (χ3n) is 4.94. The van der Waals surface area contributed by atoms with E-state index in [0.717, 1.165) is 22.3 Å². The number of rotatable bonds is 5. The fraction of sp³-hybridized carbons (Fsp3) is 0.261. The fourth-order valence-electron chi connectivity index (χ4n) is 3.43. The first-order chi connectivity index (χ1) is 13.7. The van der Waals surface area contributed by atoms with Crippen LogP contribution in [0, 0.1) is 0 Å². The largest absolute Gasteiger partial charge is 0.497 e. The summed E-state index contributed by atoms with van der Waals surface area (Å²) in [5.74, 6) is 1.57. The Bertz CT molecular complexity index is 949. The molecule has 1 aliphatic heterocycles. The summed E-state index contributed by atoms with van der Waals surface area (Å²) in [4.78, 5) is 14.6. The predicted octanol–water partition coefficient (Wildman–Crippen LogP) is 3.77. The van der Waals surface area contributed by atoms with E-state index in [-0.39, 0.29) is 12.0 Å². The van der Waals surface area contributed by atoms with Crippen molar-refractivity contribution in [1.82, 2.24) is 4.90 Å². The van der Waals surface area contributed by atoms with Crippen LogP contribution in [0.25, 0.3) is 10.8 Å². The molecule has 3 aromatic rings. The lowest BCUT2D eigenvalue weighted by molar-refractivity contribution is -0.0399. The molecule has 0 saturated carbocycles. The lowest BCUT2D eigenvalue weighted by Crippen LogP contribution is -2.47. The summed E-state index contributed by atoms with van der Waals surface area (Å²) < 4.78 is 17.0. The number of nitrogens with zero attached hydrogens (tertiary/aromatic N) is 1. The Labute approximate surface area is 164 Å². The molecule has 1 fully saturated rings. The summed E-state index contributed by atoms with van der Waals surface area (Å²) in [5, 5.41) is 2.22. The van der Waals surface area contributed by atoms with Gasteiger partial charge in [0.15, 0.2) is 0 Å². The van der Waals surface area contributed by atoms with E-state index in [1.54, 1.807) is 31.4 Å². The summed E-state index contributed by atoms with van der Waals surface area (Å²) in [6, 6.07) is 21.3. The van der Waals surface area contributed by atoms with Gasteiger partial charge >= 0.3 is 0 Å². The van der Waals surface area contributed by atoms with Crippen molar-refractivity contribution in [2.24, 2.45) is 0 Å². The van der Waals surface area contributed by atoms with E-state index in [4.69, 9.17) is 14.2 Å². The Morgan fingerprint density at radius 1 is 1.07 bits per heavy atom. The van der Waals surface area contributed by atoms with Crippen molar-refractivity contribution in [2.75, 3.05) is 33.4 Å². The summed E-state index contributed by atoms with van der Waals surface area (Å²) in [5.41, 5.74) is 0.649. The number of carbonyl (C=O) groups is 1. The normalized spacial score (nSPS) is 16.8. The highest BCUT2D eigenvalue weighted by Gasteiger charge is 2.25. The third-order valence-corrected chi connectivity index (χ3v) is 4.94. The van der Waals surface area contributed by atoms with E-state index in [2.05, 4.69) is 12.1 Å². The zero-order valence-electron chi connectivity index (χ0n) is 15.8. The lowest BCUT2D eigenvalue weighted by atomic mass is 10.1. The van der Waals surface area contributed by atoms with Gasteiger partial charge in [0.1, 0.15) is 24.2 Å². The highest BCUT2D eigenvalue weighted by atomic mass is 16.5. The molecule has 0 unspecified atom stereocenters. The SMILES string of the molecule is COc1ccc(C(=O)N2CCO[C@H](COc3cccc4ccccc34)C2)cc1. The van der Waals surface area contributed by atoms with Crippen LogP contribution in [0.2, 0.25) is 0 Å². The van der Waals surface area contributed by atoms with Crippen LogP contribution in [-0.4, -0.2) is 50.3 Å². The quantitative estimate of drug-likeness (QED) is 0.679. The average molecular weight is 377 g/mol. The Morgan fingerprint density at radius 3 is 2.68 bits per heavy atom. The summed E-state index contributed by atoms with van der Waals surface area (Å²) in [6.07, 6.45) is -0.157. The van der Waals surface area contributed by atoms with Crippen LogP contribution in [-0.2, 0) is 4.74 Å². The van der Waals surface area contributed by atoms with Gasteiger partial charge in [0, 0.05) is 17.5 Å². The van der Waals surface area contributed by atoms with Gasteiger partial charge in [-0.2, -0.15) is 0 Å². The van der Waals surface area contributed by atoms with Crippen molar-refractivity contribution in [3.05, 3.63) is 72.3 Å². The van der Waals surface area contributed by atoms with Gasteiger partial charge in [-0.3, -0.25) is 4.79 Å². The summed E-state index contributed by atoms with van der Waals surface area (Å²) in [7, 11) is 1.61. The third kappa shape index (κ3) is 3.94. The van der Waals surface area contributed by atoms with Gasteiger partial charge in [0.25, 0.3) is 5.91 Å². The first-order valence-electron chi connectivity index (χ1n) is 9.40. The molecule has 0 spiro atoms. The Balaban J connectivity index is 1.40. The summed E-state index contributed by atoms with van der Waals surface area (Å²) in [6.45, 7) is 2.00. The number of benzene rings is 3. The van der Waals surface area contributed by atoms with Crippen LogP contribution in [0.5, 0.6) is 11.5 Å². The molecular formula is C23H23NO4. The smallest absolute Gasteiger partial charge is 0.254 e. The second kappa shape index (κ2) is 8.31. The maximum Gasteiger partial charge on any atom is 0.254 e. The molecule has 1 atom stereocenters. The molecule has 0 radical (unpaired) electrons. The van der Waals surface area contributed by atoms with Gasteiger partial charge in [-0.1, -0.05) is 36.4 Å². The number of morpholine rings is 1. The van der Waals surface area contributed by atoms with Gasteiger partial charge in [0.2, 0.25) is 0 Å². The van der Waals surface area contributed by atoms with Crippen LogP contribution in [0.3, 0.4) is 0 Å². The van der Waals surface area contributed by atoms with E-state index >= 15 is 0 Å². The van der Waals surface area contributed by atoms with Crippen molar-refractivity contribution in [3.8, 4) is 11.5 Å². The minimum Gasteiger partial charge on any atom is -0.497 e. The highest BCUT2D eigenvalue weighted by molar-refractivity contribution is 5.94. The Hall–Kier alpha value is -3.05. The first-order valence-corrected chi connectivity index (χ1v) is 9.40. The highest BCUT2D eigenvalue weighted by Crippen LogP contribution is 2.25. The number of carbonyl (C=O) groups excluding carboxylic acids is 1. The number of fused-ring (bicyclic) bond motifs is 1. The second-order valence-electron chi connectivity index (χ2n) is 6.76. The minimum absolute atomic E-state index is 0.00103. The fourth-order valence-corrected chi connectivity index (χ4v) is 3.43. The van der Waals surface area contributed by atoms with E-state index in [1.165, 1.54) is 0 Å². The molecule has 144 valence electrons. The number of methoxy groups -OCH3 is 1. The molecule has 3 aromatic carbocycles. The Morgan fingerprint density at radius 2 is 1.86 bits per heavy atom. The molecule has 28 heavy (non-hydrogen) atoms. The molecule has 1 aliphatic rings. The molecule has 1 amide bonds. The van der Waals surface area contributed by atoms with E-state index in [9.17, 15) is 4.79 Å². The lowest BCUT2D eigenvalue weighted by Gasteiger charge is -2.33. The molecule has 5 nitrogen and oxygen atoms in total. The van der Waals surface area contributed by atoms with Crippen LogP contribution < -0.4 is 9.47 Å². The van der Waals surface area contributed by atoms with Crippen molar-refractivity contribution in [2.45, 2.75) is 6.10 Å². The van der Waals surface area contributed by atoms with Crippen LogP contribution >= 0.6 is 0 Å². The first kappa shape index (κ1) is 18.3. The molecule has 1 heterocycles. The molecule has 0 N–H and O–H groups in total. The molecular weight excluding hydrogens is 354 g/mol. The molecule has 4 rings (SSSR count). The van der Waals surface area contributed by atoms with E-state index < -0.39 is 0 Å². The predicted molar refractivity (Wildman–Crippen MR) is 108 cm³/mol. The molecule has 1 saturated heterocycles.